The molecule has 2 rings (SSSR count). The minimum absolute atomic E-state index is 0.499. The summed E-state index contributed by atoms with van der Waals surface area (Å²) in [5, 5.41) is -0.499. The molecule has 0 N–H and O–H groups in total. The van der Waals surface area contributed by atoms with E-state index in [-0.39, 0.29) is 0 Å². The molecule has 0 bridgehead atoms. The lowest BCUT2D eigenvalue weighted by molar-refractivity contribution is 0.583. The van der Waals surface area contributed by atoms with Crippen LogP contribution in [-0.2, 0) is 9.84 Å². The number of aromatic nitrogens is 1. The fraction of sp³-hybridized carbons (Fsp3) is 0.500. The van der Waals surface area contributed by atoms with Gasteiger partial charge in [-0.25, -0.2) is 13.4 Å². The molecule has 8 heteroatoms. The Morgan fingerprint density at radius 3 is 2.83 bits per heavy atom. The van der Waals surface area contributed by atoms with E-state index >= 15 is 0 Å². The summed E-state index contributed by atoms with van der Waals surface area (Å²) in [5.74, 6) is 2.19. The molecular weight excluding hydrogens is 404 g/mol. The molecule has 1 aromatic heterocycles. The van der Waals surface area contributed by atoms with Crippen molar-refractivity contribution < 1.29 is 8.42 Å². The SMILES string of the molecule is CS(=O)(=O)C1CSCCN1c1ncc(Br)cc1Br. The Labute approximate surface area is 128 Å². The average molecular weight is 416 g/mol. The first kappa shape index (κ1) is 14.6. The number of anilines is 1. The fourth-order valence-electron chi connectivity index (χ4n) is 1.80. The van der Waals surface area contributed by atoms with Crippen LogP contribution in [-0.4, -0.2) is 43.1 Å². The van der Waals surface area contributed by atoms with Crippen molar-refractivity contribution in [3.05, 3.63) is 21.2 Å². The summed E-state index contributed by atoms with van der Waals surface area (Å²) in [6.07, 6.45) is 2.96. The van der Waals surface area contributed by atoms with Crippen molar-refractivity contribution in [2.24, 2.45) is 0 Å². The van der Waals surface area contributed by atoms with Gasteiger partial charge in [0.1, 0.15) is 11.2 Å². The van der Waals surface area contributed by atoms with E-state index in [1.807, 2.05) is 11.0 Å². The second-order valence-corrected chi connectivity index (χ2v) is 9.13. The summed E-state index contributed by atoms with van der Waals surface area (Å²) in [4.78, 5) is 6.19. The fourth-order valence-corrected chi connectivity index (χ4v) is 5.83. The summed E-state index contributed by atoms with van der Waals surface area (Å²) in [6, 6.07) is 1.88. The standard InChI is InChI=1S/C10H12Br2N2O2S2/c1-18(15,16)9-6-17-3-2-14(9)10-8(12)4-7(11)5-13-10/h4-5,9H,2-3,6H2,1H3. The van der Waals surface area contributed by atoms with Crippen LogP contribution in [0.3, 0.4) is 0 Å². The monoisotopic (exact) mass is 414 g/mol. The highest BCUT2D eigenvalue weighted by Crippen LogP contribution is 2.32. The van der Waals surface area contributed by atoms with Crippen LogP contribution in [0.15, 0.2) is 21.2 Å². The Bertz CT molecular complexity index is 551. The summed E-state index contributed by atoms with van der Waals surface area (Å²) in [5.41, 5.74) is 0. The molecule has 1 aliphatic rings. The van der Waals surface area contributed by atoms with Crippen molar-refractivity contribution >= 4 is 59.3 Å². The van der Waals surface area contributed by atoms with Crippen LogP contribution in [0.25, 0.3) is 0 Å². The van der Waals surface area contributed by atoms with Crippen LogP contribution < -0.4 is 4.90 Å². The Hall–Kier alpha value is 0.210. The van der Waals surface area contributed by atoms with E-state index in [0.717, 1.165) is 14.7 Å². The van der Waals surface area contributed by atoms with E-state index in [2.05, 4.69) is 36.8 Å². The molecule has 1 atom stereocenters. The molecule has 0 saturated carbocycles. The van der Waals surface area contributed by atoms with Gasteiger partial charge in [0, 0.05) is 35.0 Å². The number of thioether (sulfide) groups is 1. The number of hydrogen-bond acceptors (Lipinski definition) is 5. The first-order chi connectivity index (χ1) is 8.39. The van der Waals surface area contributed by atoms with E-state index in [0.29, 0.717) is 18.1 Å². The lowest BCUT2D eigenvalue weighted by atomic mass is 10.4. The Balaban J connectivity index is 2.40. The zero-order valence-electron chi connectivity index (χ0n) is 9.64. The quantitative estimate of drug-likeness (QED) is 0.742. The van der Waals surface area contributed by atoms with Crippen molar-refractivity contribution in [2.75, 3.05) is 29.2 Å². The number of nitrogens with zero attached hydrogens (tertiary/aromatic N) is 2. The third kappa shape index (κ3) is 3.20. The lowest BCUT2D eigenvalue weighted by Crippen LogP contribution is -2.47. The molecular formula is C10H12Br2N2O2S2. The number of pyridine rings is 1. The molecule has 2 heterocycles. The van der Waals surface area contributed by atoms with Crippen LogP contribution >= 0.6 is 43.6 Å². The number of halogens is 2. The molecule has 100 valence electrons. The largest absolute Gasteiger partial charge is 0.337 e. The highest BCUT2D eigenvalue weighted by Gasteiger charge is 2.32. The van der Waals surface area contributed by atoms with Gasteiger partial charge in [0.05, 0.1) is 4.47 Å². The van der Waals surface area contributed by atoms with Crippen LogP contribution in [0.2, 0.25) is 0 Å². The number of rotatable bonds is 2. The van der Waals surface area contributed by atoms with E-state index < -0.39 is 15.2 Å². The normalized spacial score (nSPS) is 21.1. The molecule has 0 radical (unpaired) electrons. The number of hydrogen-bond donors (Lipinski definition) is 0. The van der Waals surface area contributed by atoms with Gasteiger partial charge in [-0.15, -0.1) is 0 Å². The van der Waals surface area contributed by atoms with Crippen molar-refractivity contribution in [2.45, 2.75) is 5.37 Å². The van der Waals surface area contributed by atoms with E-state index in [1.165, 1.54) is 6.26 Å². The molecule has 4 nitrogen and oxygen atoms in total. The Morgan fingerprint density at radius 2 is 2.22 bits per heavy atom. The molecule has 0 amide bonds. The summed E-state index contributed by atoms with van der Waals surface area (Å²) in [6.45, 7) is 0.690. The van der Waals surface area contributed by atoms with E-state index in [9.17, 15) is 8.42 Å². The van der Waals surface area contributed by atoms with Crippen LogP contribution in [0.5, 0.6) is 0 Å². The Morgan fingerprint density at radius 1 is 1.50 bits per heavy atom. The maximum absolute atomic E-state index is 11.8. The van der Waals surface area contributed by atoms with E-state index in [4.69, 9.17) is 0 Å². The van der Waals surface area contributed by atoms with Gasteiger partial charge in [0.25, 0.3) is 0 Å². The van der Waals surface area contributed by atoms with Gasteiger partial charge >= 0.3 is 0 Å². The van der Waals surface area contributed by atoms with Crippen LogP contribution in [0, 0.1) is 0 Å². The predicted octanol–water partition coefficient (Wildman–Crippen LogP) is 2.53. The van der Waals surface area contributed by atoms with Crippen molar-refractivity contribution in [1.29, 1.82) is 0 Å². The molecule has 1 aliphatic heterocycles. The zero-order chi connectivity index (χ0) is 13.3. The second-order valence-electron chi connectivity index (χ2n) is 4.01. The summed E-state index contributed by atoms with van der Waals surface area (Å²) < 4.78 is 25.3. The zero-order valence-corrected chi connectivity index (χ0v) is 14.4. The Kier molecular flexibility index (Phi) is 4.61. The molecule has 1 fully saturated rings. The maximum atomic E-state index is 11.8. The smallest absolute Gasteiger partial charge is 0.169 e. The minimum atomic E-state index is -3.12. The van der Waals surface area contributed by atoms with Gasteiger partial charge in [-0.3, -0.25) is 0 Å². The highest BCUT2D eigenvalue weighted by atomic mass is 79.9. The third-order valence-corrected chi connectivity index (χ3v) is 6.30. The molecule has 18 heavy (non-hydrogen) atoms. The molecule has 0 spiro atoms. The van der Waals surface area contributed by atoms with Crippen molar-refractivity contribution in [3.63, 3.8) is 0 Å². The van der Waals surface area contributed by atoms with Crippen LogP contribution in [0.1, 0.15) is 0 Å². The average Bonchev–Trinajstić information content (AvgIpc) is 2.28. The first-order valence-electron chi connectivity index (χ1n) is 5.24. The van der Waals surface area contributed by atoms with Gasteiger partial charge in [0.2, 0.25) is 0 Å². The van der Waals surface area contributed by atoms with Gasteiger partial charge in [0.15, 0.2) is 9.84 Å². The first-order valence-corrected chi connectivity index (χ1v) is 9.93. The van der Waals surface area contributed by atoms with Gasteiger partial charge in [-0.2, -0.15) is 11.8 Å². The minimum Gasteiger partial charge on any atom is -0.337 e. The van der Waals surface area contributed by atoms with E-state index in [1.54, 1.807) is 18.0 Å². The van der Waals surface area contributed by atoms with Crippen molar-refractivity contribution in [3.8, 4) is 0 Å². The molecule has 0 aromatic carbocycles. The molecule has 0 aliphatic carbocycles. The third-order valence-electron chi connectivity index (χ3n) is 2.64. The highest BCUT2D eigenvalue weighted by molar-refractivity contribution is 9.11. The number of sulfone groups is 1. The summed E-state index contributed by atoms with van der Waals surface area (Å²) >= 11 is 8.45. The van der Waals surface area contributed by atoms with Crippen LogP contribution in [0.4, 0.5) is 5.82 Å². The van der Waals surface area contributed by atoms with Gasteiger partial charge in [-0.05, 0) is 37.9 Å². The van der Waals surface area contributed by atoms with Gasteiger partial charge < -0.3 is 4.90 Å². The predicted molar refractivity (Wildman–Crippen MR) is 82.9 cm³/mol. The lowest BCUT2D eigenvalue weighted by Gasteiger charge is -2.35. The molecule has 1 aromatic rings. The topological polar surface area (TPSA) is 50.3 Å². The second kappa shape index (κ2) is 5.68. The maximum Gasteiger partial charge on any atom is 0.169 e. The summed E-state index contributed by atoms with van der Waals surface area (Å²) in [7, 11) is -3.12. The molecule has 1 unspecified atom stereocenters. The van der Waals surface area contributed by atoms with Gasteiger partial charge in [-0.1, -0.05) is 0 Å². The van der Waals surface area contributed by atoms with Crippen molar-refractivity contribution in [1.82, 2.24) is 4.98 Å². The molecule has 1 saturated heterocycles.